The van der Waals surface area contributed by atoms with Gasteiger partial charge in [-0.3, -0.25) is 4.79 Å². The summed E-state index contributed by atoms with van der Waals surface area (Å²) in [5, 5.41) is 11.9. The van der Waals surface area contributed by atoms with E-state index >= 15 is 0 Å². The Bertz CT molecular complexity index is 234. The topological polar surface area (TPSA) is 52.9 Å². The molecule has 0 bridgehead atoms. The zero-order valence-corrected chi connectivity index (χ0v) is 8.81. The Morgan fingerprint density at radius 2 is 1.93 bits per heavy atom. The minimum absolute atomic E-state index is 0.0654. The van der Waals surface area contributed by atoms with Crippen LogP contribution in [0.1, 0.15) is 45.4 Å². The van der Waals surface area contributed by atoms with Gasteiger partial charge in [0, 0.05) is 6.54 Å². The highest BCUT2D eigenvalue weighted by Crippen LogP contribution is 2.34. The van der Waals surface area contributed by atoms with Crippen molar-refractivity contribution < 1.29 is 4.79 Å². The molecule has 0 atom stereocenters. The summed E-state index contributed by atoms with van der Waals surface area (Å²) in [5.74, 6) is -0.0654. The third-order valence-electron chi connectivity index (χ3n) is 2.94. The fourth-order valence-corrected chi connectivity index (χ4v) is 2.05. The highest BCUT2D eigenvalue weighted by Gasteiger charge is 2.38. The molecule has 1 aliphatic carbocycles. The number of nitrogens with one attached hydrogen (secondary N) is 1. The third kappa shape index (κ3) is 2.25. The van der Waals surface area contributed by atoms with E-state index in [1.54, 1.807) is 0 Å². The number of carbonyl (C=O) groups is 1. The monoisotopic (exact) mass is 194 g/mol. The summed E-state index contributed by atoms with van der Waals surface area (Å²) in [6.07, 6.45) is 5.78. The normalized spacial score (nSPS) is 20.6. The minimum Gasteiger partial charge on any atom is -0.355 e. The first kappa shape index (κ1) is 11.0. The van der Waals surface area contributed by atoms with Crippen LogP contribution < -0.4 is 5.32 Å². The largest absolute Gasteiger partial charge is 0.355 e. The lowest BCUT2D eigenvalue weighted by atomic mass is 9.81. The van der Waals surface area contributed by atoms with Gasteiger partial charge in [-0.05, 0) is 19.8 Å². The number of nitriles is 1. The van der Waals surface area contributed by atoms with Crippen molar-refractivity contribution in [3.8, 4) is 6.07 Å². The Labute approximate surface area is 85.5 Å². The van der Waals surface area contributed by atoms with E-state index in [1.807, 2.05) is 6.92 Å². The van der Waals surface area contributed by atoms with Crippen molar-refractivity contribution in [1.82, 2.24) is 5.32 Å². The molecule has 0 unspecified atom stereocenters. The van der Waals surface area contributed by atoms with E-state index in [0.717, 1.165) is 38.5 Å². The van der Waals surface area contributed by atoms with Gasteiger partial charge in [-0.1, -0.05) is 25.7 Å². The average Bonchev–Trinajstić information content (AvgIpc) is 2.44. The van der Waals surface area contributed by atoms with Crippen molar-refractivity contribution in [2.75, 3.05) is 6.54 Å². The van der Waals surface area contributed by atoms with Crippen molar-refractivity contribution in [1.29, 1.82) is 5.26 Å². The predicted octanol–water partition coefficient (Wildman–Crippen LogP) is 1.99. The Kier molecular flexibility index (Phi) is 3.94. The van der Waals surface area contributed by atoms with Crippen LogP contribution >= 0.6 is 0 Å². The molecule has 1 fully saturated rings. The highest BCUT2D eigenvalue weighted by atomic mass is 16.2. The summed E-state index contributed by atoms with van der Waals surface area (Å²) in [6, 6.07) is 2.23. The van der Waals surface area contributed by atoms with Crippen LogP contribution in [-0.4, -0.2) is 12.5 Å². The van der Waals surface area contributed by atoms with Crippen LogP contribution in [0.3, 0.4) is 0 Å². The van der Waals surface area contributed by atoms with Gasteiger partial charge in [0.25, 0.3) is 0 Å². The molecule has 14 heavy (non-hydrogen) atoms. The summed E-state index contributed by atoms with van der Waals surface area (Å²) < 4.78 is 0. The van der Waals surface area contributed by atoms with E-state index in [0.29, 0.717) is 6.54 Å². The van der Waals surface area contributed by atoms with E-state index in [-0.39, 0.29) is 5.91 Å². The quantitative estimate of drug-likeness (QED) is 0.683. The Hall–Kier alpha value is -1.04. The molecule has 1 aliphatic rings. The Morgan fingerprint density at radius 1 is 1.36 bits per heavy atom. The zero-order valence-electron chi connectivity index (χ0n) is 8.81. The fraction of sp³-hybridized carbons (Fsp3) is 0.818. The first-order valence-corrected chi connectivity index (χ1v) is 5.45. The van der Waals surface area contributed by atoms with Crippen molar-refractivity contribution >= 4 is 5.91 Å². The first-order valence-electron chi connectivity index (χ1n) is 5.45. The van der Waals surface area contributed by atoms with Gasteiger partial charge in [-0.15, -0.1) is 0 Å². The third-order valence-corrected chi connectivity index (χ3v) is 2.94. The zero-order chi connectivity index (χ0) is 10.4. The number of hydrogen-bond donors (Lipinski definition) is 1. The molecular weight excluding hydrogens is 176 g/mol. The maximum absolute atomic E-state index is 11.8. The smallest absolute Gasteiger partial charge is 0.240 e. The second-order valence-electron chi connectivity index (χ2n) is 3.97. The molecule has 1 amide bonds. The second kappa shape index (κ2) is 4.99. The molecule has 1 rings (SSSR count). The van der Waals surface area contributed by atoms with Gasteiger partial charge in [0.2, 0.25) is 5.91 Å². The molecular formula is C11H18N2O. The number of rotatable bonds is 2. The van der Waals surface area contributed by atoms with E-state index in [9.17, 15) is 4.79 Å². The van der Waals surface area contributed by atoms with E-state index in [4.69, 9.17) is 5.26 Å². The van der Waals surface area contributed by atoms with E-state index < -0.39 is 5.41 Å². The first-order chi connectivity index (χ1) is 6.75. The molecule has 0 aromatic rings. The van der Waals surface area contributed by atoms with Gasteiger partial charge in [0.15, 0.2) is 0 Å². The second-order valence-corrected chi connectivity index (χ2v) is 3.97. The Morgan fingerprint density at radius 3 is 2.36 bits per heavy atom. The van der Waals surface area contributed by atoms with E-state index in [2.05, 4.69) is 11.4 Å². The number of nitrogens with zero attached hydrogens (tertiary/aromatic N) is 1. The molecule has 1 N–H and O–H groups in total. The molecule has 0 aliphatic heterocycles. The van der Waals surface area contributed by atoms with Gasteiger partial charge >= 0.3 is 0 Å². The lowest BCUT2D eigenvalue weighted by Gasteiger charge is -2.22. The molecule has 0 heterocycles. The average molecular weight is 194 g/mol. The van der Waals surface area contributed by atoms with Crippen LogP contribution in [0.4, 0.5) is 0 Å². The number of amides is 1. The van der Waals surface area contributed by atoms with Gasteiger partial charge < -0.3 is 5.32 Å². The van der Waals surface area contributed by atoms with Crippen molar-refractivity contribution in [3.63, 3.8) is 0 Å². The van der Waals surface area contributed by atoms with E-state index in [1.165, 1.54) is 0 Å². The molecule has 78 valence electrons. The van der Waals surface area contributed by atoms with Crippen LogP contribution in [-0.2, 0) is 4.79 Å². The van der Waals surface area contributed by atoms with Gasteiger partial charge in [-0.2, -0.15) is 5.26 Å². The molecule has 0 radical (unpaired) electrons. The maximum Gasteiger partial charge on any atom is 0.240 e. The summed E-state index contributed by atoms with van der Waals surface area (Å²) in [4.78, 5) is 11.8. The molecule has 3 nitrogen and oxygen atoms in total. The van der Waals surface area contributed by atoms with Crippen LogP contribution in [0.2, 0.25) is 0 Å². The molecule has 3 heteroatoms. The summed E-state index contributed by atoms with van der Waals surface area (Å²) in [7, 11) is 0. The lowest BCUT2D eigenvalue weighted by Crippen LogP contribution is -2.39. The Balaban J connectivity index is 2.73. The van der Waals surface area contributed by atoms with Crippen LogP contribution in [0.15, 0.2) is 0 Å². The van der Waals surface area contributed by atoms with Gasteiger partial charge in [0.05, 0.1) is 6.07 Å². The van der Waals surface area contributed by atoms with Crippen LogP contribution in [0.5, 0.6) is 0 Å². The molecule has 0 spiro atoms. The highest BCUT2D eigenvalue weighted by molar-refractivity contribution is 5.85. The van der Waals surface area contributed by atoms with Crippen LogP contribution in [0, 0.1) is 16.7 Å². The minimum atomic E-state index is -0.730. The summed E-state index contributed by atoms with van der Waals surface area (Å²) in [5.41, 5.74) is -0.730. The lowest BCUT2D eigenvalue weighted by molar-refractivity contribution is -0.128. The number of hydrogen-bond acceptors (Lipinski definition) is 2. The van der Waals surface area contributed by atoms with Crippen molar-refractivity contribution in [2.24, 2.45) is 5.41 Å². The number of carbonyl (C=O) groups excluding carboxylic acids is 1. The molecule has 0 saturated heterocycles. The summed E-state index contributed by atoms with van der Waals surface area (Å²) in [6.45, 7) is 2.50. The fourth-order valence-electron chi connectivity index (χ4n) is 2.05. The summed E-state index contributed by atoms with van der Waals surface area (Å²) >= 11 is 0. The van der Waals surface area contributed by atoms with Gasteiger partial charge in [-0.25, -0.2) is 0 Å². The standard InChI is InChI=1S/C11H18N2O/c1-2-13-10(14)11(9-12)7-5-3-4-6-8-11/h2-8H2,1H3,(H,13,14). The van der Waals surface area contributed by atoms with Crippen LogP contribution in [0.25, 0.3) is 0 Å². The molecule has 0 aromatic carbocycles. The van der Waals surface area contributed by atoms with Gasteiger partial charge in [0.1, 0.15) is 5.41 Å². The molecule has 1 saturated carbocycles. The SMILES string of the molecule is CCNC(=O)C1(C#N)CCCCCC1. The van der Waals surface area contributed by atoms with Crippen molar-refractivity contribution in [3.05, 3.63) is 0 Å². The molecule has 0 aromatic heterocycles. The maximum atomic E-state index is 11.8. The predicted molar refractivity (Wildman–Crippen MR) is 54.4 cm³/mol. The van der Waals surface area contributed by atoms with Crippen molar-refractivity contribution in [2.45, 2.75) is 45.4 Å².